The molecule has 0 spiro atoms. The molecule has 1 heterocycles. The summed E-state index contributed by atoms with van der Waals surface area (Å²) in [7, 11) is 0. The molecule has 6 atom stereocenters. The lowest BCUT2D eigenvalue weighted by molar-refractivity contribution is -0.205. The monoisotopic (exact) mass is 304 g/mol. The largest absolute Gasteiger partial charge is 0.458 e. The minimum atomic E-state index is -0.183. The van der Waals surface area contributed by atoms with Gasteiger partial charge < -0.3 is 4.74 Å². The maximum atomic E-state index is 12.7. The Morgan fingerprint density at radius 1 is 1.09 bits per heavy atom. The molecular weight excluding hydrogens is 272 g/mol. The maximum Gasteiger partial charge on any atom is 0.312 e. The molecule has 3 aliphatic carbocycles. The van der Waals surface area contributed by atoms with Crippen molar-refractivity contribution in [1.29, 1.82) is 0 Å². The van der Waals surface area contributed by atoms with Crippen LogP contribution in [0.1, 0.15) is 85.5 Å². The number of ether oxygens (including phenoxy) is 1. The number of esters is 1. The van der Waals surface area contributed by atoms with Gasteiger partial charge in [0.25, 0.3) is 0 Å². The first-order chi connectivity index (χ1) is 10.3. The van der Waals surface area contributed by atoms with Crippen molar-refractivity contribution in [1.82, 2.24) is 0 Å². The first kappa shape index (κ1) is 15.0. The van der Waals surface area contributed by atoms with Crippen LogP contribution in [0.15, 0.2) is 0 Å². The molecule has 0 aromatic carbocycles. The highest BCUT2D eigenvalue weighted by Gasteiger charge is 2.73. The normalized spacial score (nSPS) is 57.0. The number of carbonyl (C=O) groups excluding carboxylic acids is 1. The van der Waals surface area contributed by atoms with Gasteiger partial charge in [-0.05, 0) is 69.6 Å². The fraction of sp³-hybridized carbons (Fsp3) is 0.950. The van der Waals surface area contributed by atoms with Crippen molar-refractivity contribution in [3.05, 3.63) is 0 Å². The van der Waals surface area contributed by atoms with Crippen molar-refractivity contribution in [3.8, 4) is 0 Å². The highest BCUT2D eigenvalue weighted by molar-refractivity contribution is 5.81. The van der Waals surface area contributed by atoms with Crippen LogP contribution >= 0.6 is 0 Å². The Labute approximate surface area is 135 Å². The number of fused-ring (bicyclic) bond motifs is 1. The lowest BCUT2D eigenvalue weighted by Crippen LogP contribution is -2.62. The van der Waals surface area contributed by atoms with Crippen LogP contribution in [0.3, 0.4) is 0 Å². The minimum Gasteiger partial charge on any atom is -0.458 e. The molecule has 0 radical (unpaired) electrons. The molecule has 1 saturated heterocycles. The summed E-state index contributed by atoms with van der Waals surface area (Å²) < 4.78 is 6.32. The van der Waals surface area contributed by atoms with E-state index in [0.29, 0.717) is 11.3 Å². The van der Waals surface area contributed by atoms with Gasteiger partial charge in [0, 0.05) is 11.3 Å². The highest BCUT2D eigenvalue weighted by atomic mass is 16.6. The second kappa shape index (κ2) is 4.30. The summed E-state index contributed by atoms with van der Waals surface area (Å²) in [4.78, 5) is 12.7. The zero-order chi connectivity index (χ0) is 15.8. The molecule has 4 aliphatic rings. The summed E-state index contributed by atoms with van der Waals surface area (Å²) in [6, 6.07) is 0. The van der Waals surface area contributed by atoms with Crippen LogP contribution < -0.4 is 0 Å². The molecule has 0 N–H and O–H groups in total. The SMILES string of the molecule is CC[C@@]1(C)CC[C@@]2(C)[C@H](CC[C@@H]3[C@@]24CCC[C@]3(C)C(=O)O4)C1. The van der Waals surface area contributed by atoms with Gasteiger partial charge in [0.15, 0.2) is 0 Å². The van der Waals surface area contributed by atoms with Crippen molar-refractivity contribution in [3.63, 3.8) is 0 Å². The number of hydrogen-bond donors (Lipinski definition) is 0. The molecule has 124 valence electrons. The van der Waals surface area contributed by atoms with Crippen molar-refractivity contribution in [2.24, 2.45) is 28.1 Å². The minimum absolute atomic E-state index is 0.126. The molecule has 0 amide bonds. The number of hydrogen-bond acceptors (Lipinski definition) is 2. The van der Waals surface area contributed by atoms with Crippen LogP contribution in [-0.4, -0.2) is 11.6 Å². The number of carbonyl (C=O) groups is 1. The van der Waals surface area contributed by atoms with Crippen LogP contribution in [-0.2, 0) is 9.53 Å². The Hall–Kier alpha value is -0.530. The summed E-state index contributed by atoms with van der Waals surface area (Å²) in [5.41, 5.74) is 0.416. The van der Waals surface area contributed by atoms with Crippen LogP contribution in [0.25, 0.3) is 0 Å². The second-order valence-electron chi connectivity index (χ2n) is 9.66. The van der Waals surface area contributed by atoms with E-state index in [1.54, 1.807) is 0 Å². The molecule has 2 bridgehead atoms. The average Bonchev–Trinajstić information content (AvgIpc) is 2.61. The summed E-state index contributed by atoms with van der Waals surface area (Å²) in [5.74, 6) is 1.35. The smallest absolute Gasteiger partial charge is 0.312 e. The fourth-order valence-corrected chi connectivity index (χ4v) is 6.94. The van der Waals surface area contributed by atoms with Crippen molar-refractivity contribution < 1.29 is 9.53 Å². The van der Waals surface area contributed by atoms with Gasteiger partial charge in [0.2, 0.25) is 0 Å². The standard InChI is InChI=1S/C20H32O2/c1-5-17(2)11-12-19(4)14(13-17)7-8-15-18(3)9-6-10-20(15,19)22-16(18)21/h14-15H,5-13H2,1-4H3/t14-,15+,17+,18+,19+,20+/m1/s1. The average molecular weight is 304 g/mol. The van der Waals surface area contributed by atoms with Gasteiger partial charge >= 0.3 is 5.97 Å². The molecule has 4 fully saturated rings. The molecule has 0 unspecified atom stereocenters. The van der Waals surface area contributed by atoms with Gasteiger partial charge in [0.1, 0.15) is 5.60 Å². The van der Waals surface area contributed by atoms with E-state index in [1.807, 2.05) is 0 Å². The zero-order valence-corrected chi connectivity index (χ0v) is 14.8. The van der Waals surface area contributed by atoms with Crippen LogP contribution in [0, 0.1) is 28.1 Å². The van der Waals surface area contributed by atoms with Gasteiger partial charge in [-0.15, -0.1) is 0 Å². The summed E-state index contributed by atoms with van der Waals surface area (Å²) >= 11 is 0. The van der Waals surface area contributed by atoms with Gasteiger partial charge in [-0.25, -0.2) is 0 Å². The van der Waals surface area contributed by atoms with E-state index >= 15 is 0 Å². The third-order valence-corrected chi connectivity index (χ3v) is 8.83. The molecule has 4 rings (SSSR count). The Morgan fingerprint density at radius 2 is 1.86 bits per heavy atom. The van der Waals surface area contributed by atoms with E-state index < -0.39 is 0 Å². The number of rotatable bonds is 1. The van der Waals surface area contributed by atoms with Gasteiger partial charge in [-0.2, -0.15) is 0 Å². The van der Waals surface area contributed by atoms with E-state index in [2.05, 4.69) is 27.7 Å². The maximum absolute atomic E-state index is 12.7. The molecule has 1 aliphatic heterocycles. The zero-order valence-electron chi connectivity index (χ0n) is 14.8. The molecule has 3 saturated carbocycles. The fourth-order valence-electron chi connectivity index (χ4n) is 6.94. The summed E-state index contributed by atoms with van der Waals surface area (Å²) in [6.45, 7) is 9.49. The third-order valence-electron chi connectivity index (χ3n) is 8.83. The summed E-state index contributed by atoms with van der Waals surface area (Å²) in [6.07, 6.45) is 11.0. The van der Waals surface area contributed by atoms with Crippen LogP contribution in [0.4, 0.5) is 0 Å². The molecule has 22 heavy (non-hydrogen) atoms. The predicted octanol–water partition coefficient (Wildman–Crippen LogP) is 5.10. The lowest BCUT2D eigenvalue weighted by atomic mass is 9.42. The van der Waals surface area contributed by atoms with Crippen molar-refractivity contribution in [2.75, 3.05) is 0 Å². The first-order valence-corrected chi connectivity index (χ1v) is 9.53. The lowest BCUT2D eigenvalue weighted by Gasteiger charge is -2.62. The van der Waals surface area contributed by atoms with Gasteiger partial charge in [-0.1, -0.05) is 27.2 Å². The molecular formula is C20H32O2. The first-order valence-electron chi connectivity index (χ1n) is 9.53. The third kappa shape index (κ3) is 1.55. The van der Waals surface area contributed by atoms with E-state index in [1.165, 1.54) is 44.9 Å². The molecule has 2 nitrogen and oxygen atoms in total. The topological polar surface area (TPSA) is 26.3 Å². The Bertz CT molecular complexity index is 514. The van der Waals surface area contributed by atoms with Gasteiger partial charge in [0.05, 0.1) is 5.41 Å². The highest BCUT2D eigenvalue weighted by Crippen LogP contribution is 2.71. The van der Waals surface area contributed by atoms with E-state index in [-0.39, 0.29) is 22.4 Å². The Balaban J connectivity index is 1.75. The summed E-state index contributed by atoms with van der Waals surface area (Å²) in [5, 5.41) is 0. The van der Waals surface area contributed by atoms with E-state index in [9.17, 15) is 4.79 Å². The van der Waals surface area contributed by atoms with E-state index in [4.69, 9.17) is 4.74 Å². The van der Waals surface area contributed by atoms with Gasteiger partial charge in [-0.3, -0.25) is 4.79 Å². The predicted molar refractivity (Wildman–Crippen MR) is 87.4 cm³/mol. The molecule has 0 aromatic rings. The van der Waals surface area contributed by atoms with Crippen LogP contribution in [0.5, 0.6) is 0 Å². The molecule has 0 aromatic heterocycles. The van der Waals surface area contributed by atoms with E-state index in [0.717, 1.165) is 18.8 Å². The van der Waals surface area contributed by atoms with Crippen molar-refractivity contribution >= 4 is 5.97 Å². The van der Waals surface area contributed by atoms with Crippen molar-refractivity contribution in [2.45, 2.75) is 91.1 Å². The second-order valence-corrected chi connectivity index (χ2v) is 9.66. The molecule has 2 heteroatoms. The Kier molecular flexibility index (Phi) is 2.94. The quantitative estimate of drug-likeness (QED) is 0.630. The van der Waals surface area contributed by atoms with Crippen LogP contribution in [0.2, 0.25) is 0 Å². The Morgan fingerprint density at radius 3 is 2.59 bits per heavy atom.